The number of aromatic nitrogens is 1. The van der Waals surface area contributed by atoms with Crippen LogP contribution in [0.5, 0.6) is 0 Å². The molecule has 8 nitrogen and oxygen atoms in total. The first-order valence-corrected chi connectivity index (χ1v) is 13.0. The average Bonchev–Trinajstić information content (AvgIpc) is 3.74. The van der Waals surface area contributed by atoms with E-state index in [1.54, 1.807) is 0 Å². The molecular formula is C32H22N8. The summed E-state index contributed by atoms with van der Waals surface area (Å²) in [6.07, 6.45) is 0. The highest BCUT2D eigenvalue weighted by molar-refractivity contribution is 6.32. The highest BCUT2D eigenvalue weighted by atomic mass is 15.1. The summed E-state index contributed by atoms with van der Waals surface area (Å²) in [6.45, 7) is 0.641. The molecule has 0 saturated carbocycles. The predicted molar refractivity (Wildman–Crippen MR) is 161 cm³/mol. The molecule has 0 spiro atoms. The van der Waals surface area contributed by atoms with Crippen molar-refractivity contribution in [1.29, 1.82) is 0 Å². The molecule has 0 radical (unpaired) electrons. The van der Waals surface area contributed by atoms with Crippen LogP contribution in [0.2, 0.25) is 0 Å². The second-order valence-corrected chi connectivity index (χ2v) is 9.74. The van der Waals surface area contributed by atoms with Crippen LogP contribution in [0.4, 0.5) is 11.6 Å². The van der Waals surface area contributed by atoms with E-state index in [9.17, 15) is 0 Å². The van der Waals surface area contributed by atoms with Crippen molar-refractivity contribution in [3.63, 3.8) is 0 Å². The summed E-state index contributed by atoms with van der Waals surface area (Å²) in [5.74, 6) is 4.55. The van der Waals surface area contributed by atoms with Gasteiger partial charge in [0.15, 0.2) is 17.5 Å². The minimum Gasteiger partial charge on any atom is -0.385 e. The normalized spacial score (nSPS) is 18.1. The van der Waals surface area contributed by atoms with Crippen molar-refractivity contribution in [2.45, 2.75) is 6.54 Å². The first-order valence-electron chi connectivity index (χ1n) is 13.0. The van der Waals surface area contributed by atoms with E-state index in [-0.39, 0.29) is 0 Å². The molecule has 8 rings (SSSR count). The van der Waals surface area contributed by atoms with Gasteiger partial charge in [-0.2, -0.15) is 0 Å². The van der Waals surface area contributed by atoms with Crippen LogP contribution < -0.4 is 11.1 Å². The molecule has 5 aromatic rings. The van der Waals surface area contributed by atoms with Gasteiger partial charge >= 0.3 is 0 Å². The van der Waals surface area contributed by atoms with Crippen LogP contribution in [0.3, 0.4) is 0 Å². The summed E-state index contributed by atoms with van der Waals surface area (Å²) < 4.78 is 0. The average molecular weight is 519 g/mol. The number of rotatable bonds is 1. The predicted octanol–water partition coefficient (Wildman–Crippen LogP) is 5.35. The highest BCUT2D eigenvalue weighted by Gasteiger charge is 2.28. The van der Waals surface area contributed by atoms with Crippen molar-refractivity contribution >= 4 is 51.6 Å². The molecule has 0 fully saturated rings. The summed E-state index contributed by atoms with van der Waals surface area (Å²) in [4.78, 5) is 27.6. The maximum atomic E-state index is 6.21. The molecule has 3 aliphatic heterocycles. The minimum absolute atomic E-state index is 0.582. The van der Waals surface area contributed by atoms with Crippen LogP contribution in [0.15, 0.2) is 122 Å². The van der Waals surface area contributed by atoms with Gasteiger partial charge in [0.2, 0.25) is 0 Å². The third-order valence-corrected chi connectivity index (χ3v) is 7.33. The fourth-order valence-electron chi connectivity index (χ4n) is 5.39. The molecule has 4 aromatic carbocycles. The van der Waals surface area contributed by atoms with Crippen molar-refractivity contribution in [3.8, 4) is 0 Å². The van der Waals surface area contributed by atoms with Crippen LogP contribution in [-0.4, -0.2) is 34.2 Å². The molecule has 8 heteroatoms. The lowest BCUT2D eigenvalue weighted by Crippen LogP contribution is -2.24. The van der Waals surface area contributed by atoms with Gasteiger partial charge < -0.3 is 16.0 Å². The first-order chi connectivity index (χ1) is 19.7. The van der Waals surface area contributed by atoms with Crippen LogP contribution in [0.1, 0.15) is 33.4 Å². The van der Waals surface area contributed by atoms with Gasteiger partial charge in [-0.25, -0.2) is 20.0 Å². The SMILES string of the molecule is Nc1[nH]c(/N=C2\N=C(N=C3NC(=NC4=NCc5ccccc54)c4ccccc43)c3ccccc32)c2ccccc12. The van der Waals surface area contributed by atoms with Gasteiger partial charge in [-0.1, -0.05) is 97.1 Å². The molecule has 0 unspecified atom stereocenters. The lowest BCUT2D eigenvalue weighted by molar-refractivity contribution is 1.11. The number of nitrogens with one attached hydrogen (secondary N) is 2. The number of nitrogens with zero attached hydrogens (tertiary/aromatic N) is 5. The number of H-pyrrole nitrogens is 1. The maximum Gasteiger partial charge on any atom is 0.164 e. The number of aromatic amines is 1. The van der Waals surface area contributed by atoms with Crippen LogP contribution in [0.25, 0.3) is 10.8 Å². The van der Waals surface area contributed by atoms with Crippen molar-refractivity contribution in [2.75, 3.05) is 5.73 Å². The quantitative estimate of drug-likeness (QED) is 0.278. The summed E-state index contributed by atoms with van der Waals surface area (Å²) in [6, 6.07) is 32.2. The van der Waals surface area contributed by atoms with Crippen LogP contribution >= 0.6 is 0 Å². The van der Waals surface area contributed by atoms with Crippen LogP contribution in [0, 0.1) is 0 Å². The van der Waals surface area contributed by atoms with Gasteiger partial charge in [0.05, 0.1) is 6.54 Å². The zero-order valence-electron chi connectivity index (χ0n) is 21.3. The number of aliphatic imine (C=N–C) groups is 5. The Morgan fingerprint density at radius 1 is 0.600 bits per heavy atom. The smallest absolute Gasteiger partial charge is 0.164 e. The molecule has 4 N–H and O–H groups in total. The Morgan fingerprint density at radius 3 is 1.98 bits per heavy atom. The second-order valence-electron chi connectivity index (χ2n) is 9.74. The summed E-state index contributed by atoms with van der Waals surface area (Å²) in [7, 11) is 0. The van der Waals surface area contributed by atoms with E-state index >= 15 is 0 Å². The third kappa shape index (κ3) is 3.50. The number of hydrogen-bond donors (Lipinski definition) is 3. The summed E-state index contributed by atoms with van der Waals surface area (Å²) >= 11 is 0. The number of anilines is 1. The molecule has 190 valence electrons. The third-order valence-electron chi connectivity index (χ3n) is 7.33. The molecule has 0 saturated heterocycles. The largest absolute Gasteiger partial charge is 0.385 e. The van der Waals surface area contributed by atoms with Crippen molar-refractivity contribution in [2.24, 2.45) is 25.0 Å². The van der Waals surface area contributed by atoms with Gasteiger partial charge in [-0.3, -0.25) is 4.99 Å². The Morgan fingerprint density at radius 2 is 1.20 bits per heavy atom. The lowest BCUT2D eigenvalue weighted by Gasteiger charge is -2.03. The number of hydrogen-bond acceptors (Lipinski definition) is 5. The molecule has 1 aromatic heterocycles. The van der Waals surface area contributed by atoms with E-state index in [1.807, 2.05) is 84.9 Å². The highest BCUT2D eigenvalue weighted by Crippen LogP contribution is 2.32. The standard InChI is InChI=1S/C32H22N8/c33-26-20-11-3-4-12-21(20)28(35-26)37-30-24-15-7-8-16-25(24)32(39-30)40-31-23-14-6-5-13-22(23)29(38-31)36-27-19-10-2-1-9-18(19)17-34-27/h1-16,35H,17,33H2,(H,34,36,37,38,39,40). The second kappa shape index (κ2) is 8.71. The summed E-state index contributed by atoms with van der Waals surface area (Å²) in [5.41, 5.74) is 12.2. The molecule has 3 aliphatic rings. The zero-order valence-corrected chi connectivity index (χ0v) is 21.3. The summed E-state index contributed by atoms with van der Waals surface area (Å²) in [5, 5.41) is 5.32. The molecule has 40 heavy (non-hydrogen) atoms. The monoisotopic (exact) mass is 518 g/mol. The molecule has 4 heterocycles. The fourth-order valence-corrected chi connectivity index (χ4v) is 5.39. The number of benzene rings is 4. The van der Waals surface area contributed by atoms with Crippen LogP contribution in [-0.2, 0) is 6.54 Å². The molecule has 0 amide bonds. The van der Waals surface area contributed by atoms with E-state index in [0.717, 1.165) is 50.3 Å². The van der Waals surface area contributed by atoms with Gasteiger partial charge in [0, 0.05) is 38.6 Å². The molecule has 0 aliphatic carbocycles. The number of amidine groups is 5. The zero-order chi connectivity index (χ0) is 26.6. The van der Waals surface area contributed by atoms with Gasteiger partial charge in [-0.05, 0) is 5.56 Å². The van der Waals surface area contributed by atoms with Gasteiger partial charge in [0.25, 0.3) is 0 Å². The molecule has 0 atom stereocenters. The number of nitrogens with two attached hydrogens (primary N) is 1. The fraction of sp³-hybridized carbons (Fsp3) is 0.0312. The van der Waals surface area contributed by atoms with Gasteiger partial charge in [0.1, 0.15) is 23.3 Å². The molecule has 0 bridgehead atoms. The number of fused-ring (bicyclic) bond motifs is 4. The Bertz CT molecular complexity index is 2020. The Balaban J connectivity index is 1.21. The van der Waals surface area contributed by atoms with Crippen molar-refractivity contribution in [3.05, 3.63) is 130 Å². The Kier molecular flexibility index (Phi) is 4.87. The van der Waals surface area contributed by atoms with E-state index in [4.69, 9.17) is 25.7 Å². The van der Waals surface area contributed by atoms with E-state index < -0.39 is 0 Å². The Labute approximate surface area is 229 Å². The Hall–Kier alpha value is -5.63. The minimum atomic E-state index is 0.582. The number of nitrogen functional groups attached to an aromatic ring is 1. The maximum absolute atomic E-state index is 6.21. The van der Waals surface area contributed by atoms with E-state index in [0.29, 0.717) is 35.7 Å². The van der Waals surface area contributed by atoms with Gasteiger partial charge in [-0.15, -0.1) is 0 Å². The van der Waals surface area contributed by atoms with E-state index in [1.165, 1.54) is 5.56 Å². The van der Waals surface area contributed by atoms with Crippen molar-refractivity contribution in [1.82, 2.24) is 10.3 Å². The first kappa shape index (κ1) is 22.4. The van der Waals surface area contributed by atoms with E-state index in [2.05, 4.69) is 27.4 Å². The molecular weight excluding hydrogens is 496 g/mol. The lowest BCUT2D eigenvalue weighted by atomic mass is 10.1. The topological polar surface area (TPSA) is 116 Å². The van der Waals surface area contributed by atoms with Crippen molar-refractivity contribution < 1.29 is 0 Å².